The number of carbonyl (C=O) groups excluding carboxylic acids is 1. The minimum atomic E-state index is -0.174. The molecule has 1 heterocycles. The molecule has 100 valence electrons. The molecular weight excluding hydrogens is 252 g/mol. The lowest BCUT2D eigenvalue weighted by molar-refractivity contribution is -0.121. The fourth-order valence-electron chi connectivity index (χ4n) is 2.06. The molecule has 0 fully saturated rings. The quantitative estimate of drug-likeness (QED) is 0.838. The second-order valence-corrected chi connectivity index (χ2v) is 4.60. The maximum atomic E-state index is 11.9. The Morgan fingerprint density at radius 2 is 1.90 bits per heavy atom. The summed E-state index contributed by atoms with van der Waals surface area (Å²) >= 11 is 0. The van der Waals surface area contributed by atoms with Gasteiger partial charge in [-0.05, 0) is 31.2 Å². The predicted octanol–water partition coefficient (Wildman–Crippen LogP) is 2.72. The Balaban J connectivity index is 1.99. The number of para-hydroxylation sites is 1. The lowest BCUT2D eigenvalue weighted by Gasteiger charge is -2.23. The molecule has 20 heavy (non-hydrogen) atoms. The Bertz CT molecular complexity index is 665. The molecule has 1 aliphatic heterocycles. The fourth-order valence-corrected chi connectivity index (χ4v) is 2.06. The van der Waals surface area contributed by atoms with Gasteiger partial charge < -0.3 is 4.74 Å². The summed E-state index contributed by atoms with van der Waals surface area (Å²) in [5.41, 5.74) is 2.74. The lowest BCUT2D eigenvalue weighted by atomic mass is 10.1. The van der Waals surface area contributed by atoms with Crippen LogP contribution in [0.3, 0.4) is 0 Å². The van der Waals surface area contributed by atoms with Crippen LogP contribution in [0.2, 0.25) is 0 Å². The van der Waals surface area contributed by atoms with E-state index in [4.69, 9.17) is 4.74 Å². The number of carbonyl (C=O) groups is 1. The van der Waals surface area contributed by atoms with Gasteiger partial charge in [-0.15, -0.1) is 5.10 Å². The first-order chi connectivity index (χ1) is 9.74. The zero-order valence-corrected chi connectivity index (χ0v) is 11.1. The summed E-state index contributed by atoms with van der Waals surface area (Å²) in [6.07, 6.45) is 0. The van der Waals surface area contributed by atoms with Gasteiger partial charge >= 0.3 is 0 Å². The SMILES string of the molecule is Cc1cccc(C2=NN(c3ccccc3)C(=O)CO2)c1. The largest absolute Gasteiger partial charge is 0.466 e. The predicted molar refractivity (Wildman–Crippen MR) is 77.6 cm³/mol. The van der Waals surface area contributed by atoms with Crippen LogP contribution in [-0.4, -0.2) is 18.4 Å². The number of ether oxygens (including phenoxy) is 1. The molecular formula is C16H14N2O2. The van der Waals surface area contributed by atoms with Gasteiger partial charge in [0, 0.05) is 5.56 Å². The average Bonchev–Trinajstić information content (AvgIpc) is 2.48. The molecule has 0 radical (unpaired) electrons. The van der Waals surface area contributed by atoms with Crippen molar-refractivity contribution in [3.8, 4) is 0 Å². The molecule has 0 bridgehead atoms. The van der Waals surface area contributed by atoms with Crippen LogP contribution in [-0.2, 0) is 9.53 Å². The van der Waals surface area contributed by atoms with Crippen LogP contribution < -0.4 is 5.01 Å². The Kier molecular flexibility index (Phi) is 3.21. The van der Waals surface area contributed by atoms with Crippen molar-refractivity contribution in [3.63, 3.8) is 0 Å². The molecule has 3 rings (SSSR count). The van der Waals surface area contributed by atoms with Gasteiger partial charge in [0.1, 0.15) is 0 Å². The van der Waals surface area contributed by atoms with E-state index in [1.165, 1.54) is 5.01 Å². The summed E-state index contributed by atoms with van der Waals surface area (Å²) in [7, 11) is 0. The van der Waals surface area contributed by atoms with E-state index < -0.39 is 0 Å². The molecule has 4 nitrogen and oxygen atoms in total. The maximum absolute atomic E-state index is 11.9. The number of aryl methyl sites for hydroxylation is 1. The average molecular weight is 266 g/mol. The van der Waals surface area contributed by atoms with Gasteiger partial charge in [0.25, 0.3) is 5.91 Å². The molecule has 0 aromatic heterocycles. The molecule has 1 amide bonds. The van der Waals surface area contributed by atoms with Crippen molar-refractivity contribution in [2.45, 2.75) is 6.92 Å². The van der Waals surface area contributed by atoms with Crippen molar-refractivity contribution in [3.05, 3.63) is 65.7 Å². The summed E-state index contributed by atoms with van der Waals surface area (Å²) in [6.45, 7) is 2.01. The van der Waals surface area contributed by atoms with E-state index in [1.807, 2.05) is 61.5 Å². The van der Waals surface area contributed by atoms with Crippen LogP contribution in [0.25, 0.3) is 0 Å². The molecule has 0 unspecified atom stereocenters. The number of hydrogen-bond donors (Lipinski definition) is 0. The lowest BCUT2D eigenvalue weighted by Crippen LogP contribution is -2.36. The van der Waals surface area contributed by atoms with Crippen molar-refractivity contribution >= 4 is 17.5 Å². The Labute approximate surface area is 117 Å². The molecule has 0 spiro atoms. The second-order valence-electron chi connectivity index (χ2n) is 4.60. The Morgan fingerprint density at radius 1 is 1.10 bits per heavy atom. The van der Waals surface area contributed by atoms with Gasteiger partial charge in [0.15, 0.2) is 6.61 Å². The number of anilines is 1. The third-order valence-electron chi connectivity index (χ3n) is 3.03. The van der Waals surface area contributed by atoms with Crippen molar-refractivity contribution in [2.75, 3.05) is 11.6 Å². The van der Waals surface area contributed by atoms with Crippen LogP contribution in [0.4, 0.5) is 5.69 Å². The third kappa shape index (κ3) is 2.40. The highest BCUT2D eigenvalue weighted by molar-refractivity contribution is 6.04. The number of hydrogen-bond acceptors (Lipinski definition) is 3. The first kappa shape index (κ1) is 12.4. The van der Waals surface area contributed by atoms with E-state index >= 15 is 0 Å². The van der Waals surface area contributed by atoms with Gasteiger partial charge in [-0.25, -0.2) is 0 Å². The Hall–Kier alpha value is -2.62. The van der Waals surface area contributed by atoms with E-state index in [2.05, 4.69) is 5.10 Å². The summed E-state index contributed by atoms with van der Waals surface area (Å²) < 4.78 is 5.44. The highest BCUT2D eigenvalue weighted by atomic mass is 16.5. The van der Waals surface area contributed by atoms with E-state index in [-0.39, 0.29) is 12.5 Å². The van der Waals surface area contributed by atoms with Crippen LogP contribution in [0, 0.1) is 6.92 Å². The molecule has 1 aliphatic rings. The van der Waals surface area contributed by atoms with Crippen LogP contribution in [0.1, 0.15) is 11.1 Å². The zero-order chi connectivity index (χ0) is 13.9. The number of rotatable bonds is 2. The first-order valence-corrected chi connectivity index (χ1v) is 6.40. The monoisotopic (exact) mass is 266 g/mol. The van der Waals surface area contributed by atoms with E-state index in [9.17, 15) is 4.79 Å². The van der Waals surface area contributed by atoms with Crippen molar-refractivity contribution in [1.29, 1.82) is 0 Å². The number of benzene rings is 2. The van der Waals surface area contributed by atoms with E-state index in [0.717, 1.165) is 16.8 Å². The second kappa shape index (κ2) is 5.17. The first-order valence-electron chi connectivity index (χ1n) is 6.40. The number of nitrogens with zero attached hydrogens (tertiary/aromatic N) is 2. The van der Waals surface area contributed by atoms with Gasteiger partial charge in [0.2, 0.25) is 5.90 Å². The van der Waals surface area contributed by atoms with Gasteiger partial charge in [-0.3, -0.25) is 4.79 Å². The highest BCUT2D eigenvalue weighted by Gasteiger charge is 2.23. The molecule has 0 atom stereocenters. The molecule has 0 saturated carbocycles. The minimum absolute atomic E-state index is 0.00166. The normalized spacial score (nSPS) is 14.8. The molecule has 2 aromatic carbocycles. The minimum Gasteiger partial charge on any atom is -0.466 e. The molecule has 0 aliphatic carbocycles. The zero-order valence-electron chi connectivity index (χ0n) is 11.1. The highest BCUT2D eigenvalue weighted by Crippen LogP contribution is 2.19. The summed E-state index contributed by atoms with van der Waals surface area (Å²) in [6, 6.07) is 17.2. The smallest absolute Gasteiger partial charge is 0.285 e. The fraction of sp³-hybridized carbons (Fsp3) is 0.125. The summed E-state index contributed by atoms with van der Waals surface area (Å²) in [5.74, 6) is 0.296. The Morgan fingerprint density at radius 3 is 2.65 bits per heavy atom. The molecule has 4 heteroatoms. The van der Waals surface area contributed by atoms with Gasteiger partial charge in [0.05, 0.1) is 5.69 Å². The summed E-state index contributed by atoms with van der Waals surface area (Å²) in [5, 5.41) is 5.71. The van der Waals surface area contributed by atoms with Crippen molar-refractivity contribution in [1.82, 2.24) is 0 Å². The van der Waals surface area contributed by atoms with Crippen molar-refractivity contribution < 1.29 is 9.53 Å². The maximum Gasteiger partial charge on any atom is 0.285 e. The summed E-state index contributed by atoms with van der Waals surface area (Å²) in [4.78, 5) is 11.9. The van der Waals surface area contributed by atoms with Crippen molar-refractivity contribution in [2.24, 2.45) is 5.10 Å². The third-order valence-corrected chi connectivity index (χ3v) is 3.03. The van der Waals surface area contributed by atoms with Crippen LogP contribution in [0.5, 0.6) is 0 Å². The number of amides is 1. The van der Waals surface area contributed by atoms with Gasteiger partial charge in [-0.1, -0.05) is 35.9 Å². The van der Waals surface area contributed by atoms with E-state index in [0.29, 0.717) is 5.90 Å². The molecule has 0 N–H and O–H groups in total. The topological polar surface area (TPSA) is 41.9 Å². The number of hydrazone groups is 1. The molecule has 2 aromatic rings. The van der Waals surface area contributed by atoms with Gasteiger partial charge in [-0.2, -0.15) is 5.01 Å². The molecule has 0 saturated heterocycles. The van der Waals surface area contributed by atoms with Crippen LogP contribution in [0.15, 0.2) is 59.7 Å². The van der Waals surface area contributed by atoms with E-state index in [1.54, 1.807) is 0 Å². The van der Waals surface area contributed by atoms with Crippen LogP contribution >= 0.6 is 0 Å². The standard InChI is InChI=1S/C16H14N2O2/c1-12-6-5-7-13(10-12)16-17-18(15(19)11-20-16)14-8-3-2-4-9-14/h2-10H,11H2,1H3.